The highest BCUT2D eigenvalue weighted by atomic mass is 19.4. The summed E-state index contributed by atoms with van der Waals surface area (Å²) in [6.07, 6.45) is -4.64. The van der Waals surface area contributed by atoms with Gasteiger partial charge >= 0.3 is 12.2 Å². The van der Waals surface area contributed by atoms with Gasteiger partial charge in [0.15, 0.2) is 0 Å². The van der Waals surface area contributed by atoms with Gasteiger partial charge in [-0.15, -0.1) is 0 Å². The molecule has 0 radical (unpaired) electrons. The molecular formula is C12H17F3N2O3. The lowest BCUT2D eigenvalue weighted by Crippen LogP contribution is -2.42. The molecule has 8 heteroatoms. The van der Waals surface area contributed by atoms with E-state index in [9.17, 15) is 23.1 Å². The second kappa shape index (κ2) is 7.18. The first-order valence-corrected chi connectivity index (χ1v) is 6.10. The van der Waals surface area contributed by atoms with Gasteiger partial charge in [-0.1, -0.05) is 0 Å². The number of hydrogen-bond acceptors (Lipinski definition) is 3. The van der Waals surface area contributed by atoms with Crippen LogP contribution in [0.3, 0.4) is 0 Å². The molecule has 1 aromatic rings. The molecule has 20 heavy (non-hydrogen) atoms. The Balaban J connectivity index is 2.24. The molecule has 0 aliphatic heterocycles. The van der Waals surface area contributed by atoms with Crippen molar-refractivity contribution in [3.63, 3.8) is 0 Å². The third-order valence-electron chi connectivity index (χ3n) is 2.52. The van der Waals surface area contributed by atoms with E-state index in [1.807, 2.05) is 0 Å². The molecule has 3 N–H and O–H groups in total. The van der Waals surface area contributed by atoms with Crippen molar-refractivity contribution in [2.24, 2.45) is 0 Å². The van der Waals surface area contributed by atoms with E-state index in [-0.39, 0.29) is 6.42 Å². The molecule has 2 amide bonds. The number of aliphatic hydroxyl groups excluding tert-OH is 1. The van der Waals surface area contributed by atoms with Gasteiger partial charge in [0.1, 0.15) is 11.9 Å². The fourth-order valence-corrected chi connectivity index (χ4v) is 1.58. The van der Waals surface area contributed by atoms with Gasteiger partial charge < -0.3 is 20.2 Å². The Hall–Kier alpha value is -1.70. The van der Waals surface area contributed by atoms with Crippen LogP contribution in [0.1, 0.15) is 31.6 Å². The summed E-state index contributed by atoms with van der Waals surface area (Å²) in [4.78, 5) is 11.3. The van der Waals surface area contributed by atoms with Crippen LogP contribution < -0.4 is 10.6 Å². The van der Waals surface area contributed by atoms with Crippen molar-refractivity contribution in [2.45, 2.75) is 38.1 Å². The largest absolute Gasteiger partial charge is 0.467 e. The van der Waals surface area contributed by atoms with Gasteiger partial charge in [0, 0.05) is 19.0 Å². The third kappa shape index (κ3) is 6.46. The normalized spacial score (nSPS) is 14.7. The number of hydrogen-bond donors (Lipinski definition) is 3. The van der Waals surface area contributed by atoms with Crippen LogP contribution in [0.2, 0.25) is 0 Å². The Kier molecular flexibility index (Phi) is 5.87. The second-order valence-corrected chi connectivity index (χ2v) is 4.43. The summed E-state index contributed by atoms with van der Waals surface area (Å²) in [6, 6.07) is 2.11. The number of alkyl halides is 3. The summed E-state index contributed by atoms with van der Waals surface area (Å²) >= 11 is 0. The highest BCUT2D eigenvalue weighted by molar-refractivity contribution is 5.74. The number of urea groups is 1. The number of furan rings is 1. The van der Waals surface area contributed by atoms with Crippen LogP contribution in [0.25, 0.3) is 0 Å². The van der Waals surface area contributed by atoms with E-state index < -0.39 is 37.3 Å². The number of amides is 2. The lowest BCUT2D eigenvalue weighted by molar-refractivity contribution is -0.132. The summed E-state index contributed by atoms with van der Waals surface area (Å²) in [6.45, 7) is 1.15. The summed E-state index contributed by atoms with van der Waals surface area (Å²) in [5.41, 5.74) is 0. The molecule has 1 rings (SSSR count). The van der Waals surface area contributed by atoms with E-state index in [0.717, 1.165) is 0 Å². The number of nitrogens with one attached hydrogen (secondary N) is 2. The molecular weight excluding hydrogens is 277 g/mol. The molecule has 0 fully saturated rings. The van der Waals surface area contributed by atoms with Crippen molar-refractivity contribution in [3.05, 3.63) is 24.2 Å². The highest BCUT2D eigenvalue weighted by Crippen LogP contribution is 2.19. The first-order chi connectivity index (χ1) is 9.28. The van der Waals surface area contributed by atoms with E-state index in [2.05, 4.69) is 10.6 Å². The molecule has 0 saturated carbocycles. The maximum atomic E-state index is 11.9. The lowest BCUT2D eigenvalue weighted by Gasteiger charge is -2.17. The van der Waals surface area contributed by atoms with Gasteiger partial charge in [0.25, 0.3) is 0 Å². The van der Waals surface area contributed by atoms with Crippen molar-refractivity contribution in [1.29, 1.82) is 0 Å². The van der Waals surface area contributed by atoms with Crippen LogP contribution in [0.5, 0.6) is 0 Å². The molecule has 2 unspecified atom stereocenters. The standard InChI is InChI=1S/C12H17F3N2O3/c1-8(7-9(18)10-3-2-6-20-10)17-11(19)16-5-4-12(13,14)15/h2-3,6,8-9,18H,4-5,7H2,1H3,(H2,16,17,19). The fourth-order valence-electron chi connectivity index (χ4n) is 1.58. The number of carbonyl (C=O) groups is 1. The Bertz CT molecular complexity index is 407. The number of aliphatic hydroxyl groups is 1. The Morgan fingerprint density at radius 2 is 2.20 bits per heavy atom. The lowest BCUT2D eigenvalue weighted by atomic mass is 10.1. The molecule has 0 bridgehead atoms. The summed E-state index contributed by atoms with van der Waals surface area (Å²) in [5, 5.41) is 14.3. The zero-order valence-corrected chi connectivity index (χ0v) is 10.9. The van der Waals surface area contributed by atoms with Crippen molar-refractivity contribution >= 4 is 6.03 Å². The molecule has 114 valence electrons. The molecule has 5 nitrogen and oxygen atoms in total. The maximum Gasteiger partial charge on any atom is 0.390 e. The molecule has 1 aromatic heterocycles. The zero-order chi connectivity index (χ0) is 15.2. The highest BCUT2D eigenvalue weighted by Gasteiger charge is 2.26. The SMILES string of the molecule is CC(CC(O)c1ccco1)NC(=O)NCCC(F)(F)F. The van der Waals surface area contributed by atoms with Gasteiger partial charge in [-0.25, -0.2) is 4.79 Å². The average molecular weight is 294 g/mol. The molecule has 0 spiro atoms. The Morgan fingerprint density at radius 3 is 2.75 bits per heavy atom. The van der Waals surface area contributed by atoms with Gasteiger partial charge in [-0.3, -0.25) is 0 Å². The van der Waals surface area contributed by atoms with Crippen molar-refractivity contribution in [2.75, 3.05) is 6.54 Å². The molecule has 0 saturated heterocycles. The van der Waals surface area contributed by atoms with E-state index in [0.29, 0.717) is 5.76 Å². The topological polar surface area (TPSA) is 74.5 Å². The Labute approximate surface area is 114 Å². The van der Waals surface area contributed by atoms with Gasteiger partial charge in [0.05, 0.1) is 12.7 Å². The first-order valence-electron chi connectivity index (χ1n) is 6.10. The average Bonchev–Trinajstić information content (AvgIpc) is 2.79. The second-order valence-electron chi connectivity index (χ2n) is 4.43. The number of halogens is 3. The minimum atomic E-state index is -4.30. The van der Waals surface area contributed by atoms with Crippen LogP contribution in [0.15, 0.2) is 22.8 Å². The summed E-state index contributed by atoms with van der Waals surface area (Å²) in [7, 11) is 0. The van der Waals surface area contributed by atoms with E-state index >= 15 is 0 Å². The quantitative estimate of drug-likeness (QED) is 0.754. The van der Waals surface area contributed by atoms with Gasteiger partial charge in [0.2, 0.25) is 0 Å². The first kappa shape index (κ1) is 16.4. The number of rotatable bonds is 6. The van der Waals surface area contributed by atoms with Gasteiger partial charge in [-0.05, 0) is 19.1 Å². The van der Waals surface area contributed by atoms with E-state index in [4.69, 9.17) is 4.42 Å². The van der Waals surface area contributed by atoms with Crippen LogP contribution in [0, 0.1) is 0 Å². The predicted molar refractivity (Wildman–Crippen MR) is 65.0 cm³/mol. The van der Waals surface area contributed by atoms with Crippen LogP contribution in [-0.4, -0.2) is 29.9 Å². The maximum absolute atomic E-state index is 11.9. The third-order valence-corrected chi connectivity index (χ3v) is 2.52. The van der Waals surface area contributed by atoms with Crippen molar-refractivity contribution in [1.82, 2.24) is 10.6 Å². The molecule has 0 aromatic carbocycles. The van der Waals surface area contributed by atoms with Gasteiger partial charge in [-0.2, -0.15) is 13.2 Å². The van der Waals surface area contributed by atoms with Crippen LogP contribution in [0.4, 0.5) is 18.0 Å². The molecule has 0 aliphatic carbocycles. The van der Waals surface area contributed by atoms with Crippen molar-refractivity contribution < 1.29 is 27.5 Å². The van der Waals surface area contributed by atoms with Crippen molar-refractivity contribution in [3.8, 4) is 0 Å². The predicted octanol–water partition coefficient (Wildman–Crippen LogP) is 2.34. The van der Waals surface area contributed by atoms with Crippen LogP contribution >= 0.6 is 0 Å². The monoisotopic (exact) mass is 294 g/mol. The smallest absolute Gasteiger partial charge is 0.390 e. The zero-order valence-electron chi connectivity index (χ0n) is 10.9. The fraction of sp³-hybridized carbons (Fsp3) is 0.583. The van der Waals surface area contributed by atoms with E-state index in [1.165, 1.54) is 6.26 Å². The minimum absolute atomic E-state index is 0.195. The minimum Gasteiger partial charge on any atom is -0.467 e. The number of carbonyl (C=O) groups excluding carboxylic acids is 1. The summed E-state index contributed by atoms with van der Waals surface area (Å²) in [5.74, 6) is 0.371. The molecule has 1 heterocycles. The van der Waals surface area contributed by atoms with Crippen LogP contribution in [-0.2, 0) is 0 Å². The Morgan fingerprint density at radius 1 is 1.50 bits per heavy atom. The summed E-state index contributed by atoms with van der Waals surface area (Å²) < 4.78 is 40.6. The van der Waals surface area contributed by atoms with E-state index in [1.54, 1.807) is 19.1 Å². The molecule has 2 atom stereocenters. The molecule has 0 aliphatic rings.